The Hall–Kier alpha value is -3.56. The minimum Gasteiger partial charge on any atom is -0.326 e. The molecule has 34 heavy (non-hydrogen) atoms. The van der Waals surface area contributed by atoms with Crippen LogP contribution in [0, 0.1) is 5.92 Å². The number of fused-ring (bicyclic) bond motifs is 1. The van der Waals surface area contributed by atoms with Gasteiger partial charge in [-0.3, -0.25) is 9.20 Å². The molecule has 1 N–H and O–H groups in total. The van der Waals surface area contributed by atoms with Crippen LogP contribution in [0.1, 0.15) is 18.4 Å². The van der Waals surface area contributed by atoms with Gasteiger partial charge in [0.2, 0.25) is 21.7 Å². The quantitative estimate of drug-likeness (QED) is 0.460. The number of aromatic nitrogens is 3. The first kappa shape index (κ1) is 22.2. The van der Waals surface area contributed by atoms with E-state index in [4.69, 9.17) is 0 Å². The lowest BCUT2D eigenvalue weighted by atomic mass is 9.97. The predicted octanol–water partition coefficient (Wildman–Crippen LogP) is 3.58. The van der Waals surface area contributed by atoms with Crippen LogP contribution in [-0.2, 0) is 20.6 Å². The summed E-state index contributed by atoms with van der Waals surface area (Å²) in [6, 6.07) is 18.5. The molecule has 0 radical (unpaired) electrons. The van der Waals surface area contributed by atoms with Crippen molar-refractivity contribution >= 4 is 27.4 Å². The number of carbonyl (C=O) groups excluding carboxylic acids is 1. The molecule has 0 aliphatic carbocycles. The van der Waals surface area contributed by atoms with Crippen LogP contribution < -0.4 is 5.32 Å². The molecule has 9 heteroatoms. The van der Waals surface area contributed by atoms with Crippen molar-refractivity contribution in [1.29, 1.82) is 0 Å². The van der Waals surface area contributed by atoms with Crippen molar-refractivity contribution in [2.45, 2.75) is 18.6 Å². The van der Waals surface area contributed by atoms with Crippen LogP contribution in [0.4, 0.5) is 5.69 Å². The van der Waals surface area contributed by atoms with Crippen molar-refractivity contribution in [2.24, 2.45) is 5.92 Å². The van der Waals surface area contributed by atoms with Crippen molar-refractivity contribution in [1.82, 2.24) is 18.7 Å². The molecule has 0 atom stereocenters. The van der Waals surface area contributed by atoms with E-state index in [0.29, 0.717) is 37.4 Å². The SMILES string of the molecule is O=C(Nc1ccc(-c2cn3cccnc3n2)cc1)C1CCN(S(=O)(=O)Cc2ccccc2)CC1. The Morgan fingerprint density at radius 1 is 1.00 bits per heavy atom. The second kappa shape index (κ2) is 9.36. The first-order valence-corrected chi connectivity index (χ1v) is 12.8. The third-order valence-electron chi connectivity index (χ3n) is 6.09. The van der Waals surface area contributed by atoms with Crippen LogP contribution in [0.25, 0.3) is 17.0 Å². The van der Waals surface area contributed by atoms with Gasteiger partial charge in [-0.05, 0) is 36.6 Å². The molecule has 0 spiro atoms. The Kier molecular flexibility index (Phi) is 6.12. The van der Waals surface area contributed by atoms with Gasteiger partial charge in [0.1, 0.15) is 0 Å². The van der Waals surface area contributed by atoms with Gasteiger partial charge in [-0.25, -0.2) is 22.7 Å². The van der Waals surface area contributed by atoms with Gasteiger partial charge in [0.15, 0.2) is 0 Å². The Morgan fingerprint density at radius 3 is 2.44 bits per heavy atom. The van der Waals surface area contributed by atoms with E-state index in [1.807, 2.05) is 77.5 Å². The monoisotopic (exact) mass is 475 g/mol. The van der Waals surface area contributed by atoms with Crippen LogP contribution in [0.2, 0.25) is 0 Å². The third-order valence-corrected chi connectivity index (χ3v) is 7.94. The lowest BCUT2D eigenvalue weighted by Crippen LogP contribution is -2.41. The standard InChI is InChI=1S/C25H25N5O3S/c31-24(21-11-15-30(16-12-21)34(32,33)18-19-5-2-1-3-6-19)27-22-9-7-20(8-10-22)23-17-29-14-4-13-26-25(29)28-23/h1-10,13-14,17,21H,11-12,15-16,18H2,(H,27,31). The lowest BCUT2D eigenvalue weighted by Gasteiger charge is -2.30. The van der Waals surface area contributed by atoms with E-state index in [9.17, 15) is 13.2 Å². The molecule has 1 saturated heterocycles. The second-order valence-electron chi connectivity index (χ2n) is 8.43. The zero-order valence-corrected chi connectivity index (χ0v) is 19.4. The third kappa shape index (κ3) is 4.85. The Labute approximate surface area is 198 Å². The number of anilines is 1. The molecule has 1 aliphatic rings. The zero-order chi connectivity index (χ0) is 23.5. The van der Waals surface area contributed by atoms with E-state index in [0.717, 1.165) is 16.8 Å². The summed E-state index contributed by atoms with van der Waals surface area (Å²) in [5, 5.41) is 2.97. The number of amides is 1. The number of nitrogens with one attached hydrogen (secondary N) is 1. The highest BCUT2D eigenvalue weighted by Gasteiger charge is 2.31. The number of carbonyl (C=O) groups is 1. The summed E-state index contributed by atoms with van der Waals surface area (Å²) in [7, 11) is -3.40. The predicted molar refractivity (Wildman–Crippen MR) is 130 cm³/mol. The maximum absolute atomic E-state index is 12.8. The van der Waals surface area contributed by atoms with E-state index in [2.05, 4.69) is 15.3 Å². The summed E-state index contributed by atoms with van der Waals surface area (Å²) >= 11 is 0. The van der Waals surface area contributed by atoms with E-state index < -0.39 is 10.0 Å². The number of hydrogen-bond donors (Lipinski definition) is 1. The van der Waals surface area contributed by atoms with Gasteiger partial charge in [0.05, 0.1) is 11.4 Å². The van der Waals surface area contributed by atoms with Crippen LogP contribution in [-0.4, -0.2) is 46.1 Å². The number of nitrogens with zero attached hydrogens (tertiary/aromatic N) is 4. The Balaban J connectivity index is 1.17. The molecule has 2 aromatic carbocycles. The van der Waals surface area contributed by atoms with E-state index in [1.165, 1.54) is 4.31 Å². The highest BCUT2D eigenvalue weighted by atomic mass is 32.2. The normalized spacial score (nSPS) is 15.4. The second-order valence-corrected chi connectivity index (χ2v) is 10.4. The molecular weight excluding hydrogens is 450 g/mol. The minimum absolute atomic E-state index is 0.0145. The molecule has 0 unspecified atom stereocenters. The minimum atomic E-state index is -3.40. The first-order valence-electron chi connectivity index (χ1n) is 11.2. The van der Waals surface area contributed by atoms with Gasteiger partial charge in [-0.2, -0.15) is 0 Å². The van der Waals surface area contributed by atoms with Crippen LogP contribution in [0.5, 0.6) is 0 Å². The largest absolute Gasteiger partial charge is 0.326 e. The zero-order valence-electron chi connectivity index (χ0n) is 18.5. The number of benzene rings is 2. The molecule has 0 bridgehead atoms. The van der Waals surface area contributed by atoms with Gasteiger partial charge in [0.25, 0.3) is 0 Å². The van der Waals surface area contributed by atoms with Gasteiger partial charge >= 0.3 is 0 Å². The molecule has 8 nitrogen and oxygen atoms in total. The number of hydrogen-bond acceptors (Lipinski definition) is 5. The number of piperidine rings is 1. The van der Waals surface area contributed by atoms with E-state index in [-0.39, 0.29) is 17.6 Å². The fourth-order valence-electron chi connectivity index (χ4n) is 4.21. The van der Waals surface area contributed by atoms with Crippen LogP contribution >= 0.6 is 0 Å². The van der Waals surface area contributed by atoms with E-state index in [1.54, 1.807) is 6.20 Å². The van der Waals surface area contributed by atoms with Crippen LogP contribution in [0.15, 0.2) is 79.3 Å². The Bertz CT molecular complexity index is 1360. The summed E-state index contributed by atoms with van der Waals surface area (Å²) in [5.74, 6) is 0.323. The van der Waals surface area contributed by atoms with Crippen molar-refractivity contribution in [2.75, 3.05) is 18.4 Å². The van der Waals surface area contributed by atoms with Crippen molar-refractivity contribution in [3.8, 4) is 11.3 Å². The summed E-state index contributed by atoms with van der Waals surface area (Å²) in [4.78, 5) is 21.5. The lowest BCUT2D eigenvalue weighted by molar-refractivity contribution is -0.120. The first-order chi connectivity index (χ1) is 16.5. The topological polar surface area (TPSA) is 96.7 Å². The molecule has 1 fully saturated rings. The summed E-state index contributed by atoms with van der Waals surface area (Å²) < 4.78 is 28.8. The average Bonchev–Trinajstić information content (AvgIpc) is 3.29. The molecule has 1 amide bonds. The van der Waals surface area contributed by atoms with Gasteiger partial charge in [-0.15, -0.1) is 0 Å². The fourth-order valence-corrected chi connectivity index (χ4v) is 5.77. The smallest absolute Gasteiger partial charge is 0.234 e. The number of imidazole rings is 1. The molecule has 1 aliphatic heterocycles. The van der Waals surface area contributed by atoms with Crippen molar-refractivity contribution in [3.63, 3.8) is 0 Å². The van der Waals surface area contributed by atoms with E-state index >= 15 is 0 Å². The maximum atomic E-state index is 12.8. The van der Waals surface area contributed by atoms with Gasteiger partial charge in [0, 0.05) is 48.8 Å². The number of rotatable bonds is 6. The highest BCUT2D eigenvalue weighted by Crippen LogP contribution is 2.25. The van der Waals surface area contributed by atoms with Crippen molar-refractivity contribution in [3.05, 3.63) is 84.8 Å². The van der Waals surface area contributed by atoms with Gasteiger partial charge in [-0.1, -0.05) is 42.5 Å². The fraction of sp³-hybridized carbons (Fsp3) is 0.240. The molecule has 4 aromatic rings. The highest BCUT2D eigenvalue weighted by molar-refractivity contribution is 7.88. The van der Waals surface area contributed by atoms with Gasteiger partial charge < -0.3 is 5.32 Å². The molecular formula is C25H25N5O3S. The number of sulfonamides is 1. The molecule has 174 valence electrons. The summed E-state index contributed by atoms with van der Waals surface area (Å²) in [6.07, 6.45) is 6.52. The van der Waals surface area contributed by atoms with Crippen LogP contribution in [0.3, 0.4) is 0 Å². The summed E-state index contributed by atoms with van der Waals surface area (Å²) in [5.41, 5.74) is 3.21. The summed E-state index contributed by atoms with van der Waals surface area (Å²) in [6.45, 7) is 0.711. The van der Waals surface area contributed by atoms with Crippen molar-refractivity contribution < 1.29 is 13.2 Å². The Morgan fingerprint density at radius 2 is 1.74 bits per heavy atom. The molecule has 2 aromatic heterocycles. The molecule has 3 heterocycles. The average molecular weight is 476 g/mol. The maximum Gasteiger partial charge on any atom is 0.234 e. The molecule has 5 rings (SSSR count). The molecule has 0 saturated carbocycles.